The van der Waals surface area contributed by atoms with Gasteiger partial charge in [-0.2, -0.15) is 5.26 Å². The smallest absolute Gasteiger partial charge is 0.232 e. The largest absolute Gasteiger partial charge is 0.344 e. The Morgan fingerprint density at radius 1 is 1.24 bits per heavy atom. The Bertz CT molecular complexity index is 1070. The zero-order valence-electron chi connectivity index (χ0n) is 15.5. The molecule has 6 nitrogen and oxygen atoms in total. The van der Waals surface area contributed by atoms with E-state index in [0.29, 0.717) is 28.1 Å². The quantitative estimate of drug-likeness (QED) is 0.526. The van der Waals surface area contributed by atoms with E-state index in [1.807, 2.05) is 12.1 Å². The standard InChI is InChI=1S/C20H17ClFN5OS/c1-26(12-6-11-23)18(28)13-29-20-25-24-19(14-7-2-3-8-15(14)21)27(20)17-10-5-4-9-16(17)22/h2-5,7-10H,6,12-13H2,1H3. The molecule has 0 unspecified atom stereocenters. The van der Waals surface area contributed by atoms with E-state index in [0.717, 1.165) is 11.8 Å². The number of nitriles is 1. The normalized spacial score (nSPS) is 10.6. The van der Waals surface area contributed by atoms with Crippen LogP contribution >= 0.6 is 23.4 Å². The summed E-state index contributed by atoms with van der Waals surface area (Å²) < 4.78 is 16.1. The summed E-state index contributed by atoms with van der Waals surface area (Å²) in [6.45, 7) is 0.348. The molecular formula is C20H17ClFN5OS. The molecule has 0 radical (unpaired) electrons. The van der Waals surface area contributed by atoms with Gasteiger partial charge in [-0.15, -0.1) is 10.2 Å². The fourth-order valence-corrected chi connectivity index (χ4v) is 3.72. The lowest BCUT2D eigenvalue weighted by molar-refractivity contribution is -0.127. The summed E-state index contributed by atoms with van der Waals surface area (Å²) in [6, 6.07) is 15.4. The van der Waals surface area contributed by atoms with E-state index >= 15 is 0 Å². The summed E-state index contributed by atoms with van der Waals surface area (Å²) >= 11 is 7.46. The summed E-state index contributed by atoms with van der Waals surface area (Å²) in [5.74, 6) is -0.141. The summed E-state index contributed by atoms with van der Waals surface area (Å²) in [4.78, 5) is 13.8. The number of nitrogens with zero attached hydrogens (tertiary/aromatic N) is 5. The van der Waals surface area contributed by atoms with Crippen LogP contribution in [0.25, 0.3) is 17.1 Å². The predicted molar refractivity (Wildman–Crippen MR) is 110 cm³/mol. The maximum absolute atomic E-state index is 14.6. The highest BCUT2D eigenvalue weighted by atomic mass is 35.5. The van der Waals surface area contributed by atoms with Crippen LogP contribution in [0.5, 0.6) is 0 Å². The van der Waals surface area contributed by atoms with Crippen molar-refractivity contribution in [3.8, 4) is 23.1 Å². The second kappa shape index (κ2) is 9.54. The van der Waals surface area contributed by atoms with Crippen LogP contribution in [0.1, 0.15) is 6.42 Å². The fraction of sp³-hybridized carbons (Fsp3) is 0.200. The van der Waals surface area contributed by atoms with Gasteiger partial charge in [0.05, 0.1) is 29.0 Å². The molecule has 9 heteroatoms. The number of hydrogen-bond donors (Lipinski definition) is 0. The molecule has 1 amide bonds. The van der Waals surface area contributed by atoms with Crippen molar-refractivity contribution in [2.75, 3.05) is 19.3 Å². The lowest BCUT2D eigenvalue weighted by Crippen LogP contribution is -2.29. The van der Waals surface area contributed by atoms with Gasteiger partial charge in [-0.05, 0) is 24.3 Å². The number of carbonyl (C=O) groups is 1. The van der Waals surface area contributed by atoms with Gasteiger partial charge in [-0.3, -0.25) is 9.36 Å². The first-order valence-corrected chi connectivity index (χ1v) is 10.1. The molecular weight excluding hydrogens is 413 g/mol. The van der Waals surface area contributed by atoms with Gasteiger partial charge < -0.3 is 4.90 Å². The molecule has 0 fully saturated rings. The highest BCUT2D eigenvalue weighted by molar-refractivity contribution is 7.99. The van der Waals surface area contributed by atoms with Crippen molar-refractivity contribution in [1.82, 2.24) is 19.7 Å². The number of hydrogen-bond acceptors (Lipinski definition) is 5. The monoisotopic (exact) mass is 429 g/mol. The Morgan fingerprint density at radius 3 is 2.69 bits per heavy atom. The third-order valence-electron chi connectivity index (χ3n) is 4.15. The second-order valence-corrected chi connectivity index (χ2v) is 7.43. The van der Waals surface area contributed by atoms with E-state index in [1.54, 1.807) is 48.0 Å². The molecule has 29 heavy (non-hydrogen) atoms. The molecule has 3 rings (SSSR count). The van der Waals surface area contributed by atoms with Crippen LogP contribution < -0.4 is 0 Å². The van der Waals surface area contributed by atoms with E-state index < -0.39 is 5.82 Å². The molecule has 0 atom stereocenters. The minimum Gasteiger partial charge on any atom is -0.344 e. The van der Waals surface area contributed by atoms with Gasteiger partial charge in [0.25, 0.3) is 0 Å². The number of thioether (sulfide) groups is 1. The first kappa shape index (κ1) is 20.8. The number of carbonyl (C=O) groups excluding carboxylic acids is 1. The summed E-state index contributed by atoms with van der Waals surface area (Å²) in [7, 11) is 1.64. The molecule has 1 aromatic heterocycles. The van der Waals surface area contributed by atoms with E-state index in [2.05, 4.69) is 10.2 Å². The molecule has 0 saturated heterocycles. The molecule has 0 N–H and O–H groups in total. The Morgan fingerprint density at radius 2 is 1.97 bits per heavy atom. The SMILES string of the molecule is CN(CCC#N)C(=O)CSc1nnc(-c2ccccc2Cl)n1-c1ccccc1F. The number of rotatable bonds is 7. The van der Waals surface area contributed by atoms with Crippen LogP contribution in [0.15, 0.2) is 53.7 Å². The predicted octanol–water partition coefficient (Wildman–Crippen LogP) is 4.19. The van der Waals surface area contributed by atoms with Crippen molar-refractivity contribution in [2.24, 2.45) is 0 Å². The first-order chi connectivity index (χ1) is 14.0. The van der Waals surface area contributed by atoms with Crippen molar-refractivity contribution >= 4 is 29.3 Å². The molecule has 3 aromatic rings. The molecule has 0 aliphatic heterocycles. The first-order valence-electron chi connectivity index (χ1n) is 8.72. The lowest BCUT2D eigenvalue weighted by atomic mass is 10.2. The van der Waals surface area contributed by atoms with Crippen molar-refractivity contribution < 1.29 is 9.18 Å². The Hall–Kier alpha value is -2.89. The zero-order valence-corrected chi connectivity index (χ0v) is 17.1. The van der Waals surface area contributed by atoms with E-state index in [9.17, 15) is 9.18 Å². The molecule has 2 aromatic carbocycles. The number of benzene rings is 2. The van der Waals surface area contributed by atoms with Crippen molar-refractivity contribution in [3.63, 3.8) is 0 Å². The van der Waals surface area contributed by atoms with E-state index in [4.69, 9.17) is 16.9 Å². The number of halogens is 2. The van der Waals surface area contributed by atoms with Gasteiger partial charge in [0.1, 0.15) is 5.82 Å². The van der Waals surface area contributed by atoms with Crippen molar-refractivity contribution in [1.29, 1.82) is 5.26 Å². The number of aromatic nitrogens is 3. The molecule has 0 spiro atoms. The average Bonchev–Trinajstić information content (AvgIpc) is 3.14. The molecule has 1 heterocycles. The Kier molecular flexibility index (Phi) is 6.86. The van der Waals surface area contributed by atoms with Crippen LogP contribution in [-0.2, 0) is 4.79 Å². The van der Waals surface area contributed by atoms with E-state index in [1.165, 1.54) is 11.0 Å². The van der Waals surface area contributed by atoms with Crippen molar-refractivity contribution in [2.45, 2.75) is 11.6 Å². The Labute approximate surface area is 176 Å². The third kappa shape index (κ3) is 4.75. The number of para-hydroxylation sites is 1. The van der Waals surface area contributed by atoms with Gasteiger partial charge in [0.15, 0.2) is 11.0 Å². The lowest BCUT2D eigenvalue weighted by Gasteiger charge is -2.15. The van der Waals surface area contributed by atoms with Crippen LogP contribution in [0, 0.1) is 17.1 Å². The fourth-order valence-electron chi connectivity index (χ4n) is 2.61. The minimum atomic E-state index is -0.445. The number of amides is 1. The summed E-state index contributed by atoms with van der Waals surface area (Å²) in [5.41, 5.74) is 0.870. The average molecular weight is 430 g/mol. The maximum atomic E-state index is 14.6. The van der Waals surface area contributed by atoms with E-state index in [-0.39, 0.29) is 23.8 Å². The molecule has 0 aliphatic carbocycles. The maximum Gasteiger partial charge on any atom is 0.232 e. The minimum absolute atomic E-state index is 0.0804. The van der Waals surface area contributed by atoms with Crippen LogP contribution in [0.4, 0.5) is 4.39 Å². The highest BCUT2D eigenvalue weighted by Crippen LogP contribution is 2.32. The molecule has 148 valence electrons. The van der Waals surface area contributed by atoms with Gasteiger partial charge in [-0.25, -0.2) is 4.39 Å². The topological polar surface area (TPSA) is 74.8 Å². The van der Waals surface area contributed by atoms with Gasteiger partial charge in [0, 0.05) is 19.2 Å². The van der Waals surface area contributed by atoms with Crippen LogP contribution in [-0.4, -0.2) is 44.9 Å². The Balaban J connectivity index is 1.96. The van der Waals surface area contributed by atoms with Gasteiger partial charge in [-0.1, -0.05) is 47.6 Å². The van der Waals surface area contributed by atoms with Gasteiger partial charge >= 0.3 is 0 Å². The van der Waals surface area contributed by atoms with Crippen molar-refractivity contribution in [3.05, 3.63) is 59.4 Å². The second-order valence-electron chi connectivity index (χ2n) is 6.08. The van der Waals surface area contributed by atoms with Crippen LogP contribution in [0.2, 0.25) is 5.02 Å². The van der Waals surface area contributed by atoms with Crippen LogP contribution in [0.3, 0.4) is 0 Å². The molecule has 0 aliphatic rings. The summed E-state index contributed by atoms with van der Waals surface area (Å²) in [5, 5.41) is 17.9. The molecule has 0 bridgehead atoms. The van der Waals surface area contributed by atoms with Gasteiger partial charge in [0.2, 0.25) is 5.91 Å². The third-order valence-corrected chi connectivity index (χ3v) is 5.39. The molecule has 0 saturated carbocycles. The summed E-state index contributed by atoms with van der Waals surface area (Å²) in [6.07, 6.45) is 0.259. The zero-order chi connectivity index (χ0) is 20.8. The highest BCUT2D eigenvalue weighted by Gasteiger charge is 2.21.